The van der Waals surface area contributed by atoms with Crippen LogP contribution in [0.3, 0.4) is 0 Å². The van der Waals surface area contributed by atoms with E-state index in [0.717, 1.165) is 4.91 Å². The first-order valence-electron chi connectivity index (χ1n) is 5.69. The summed E-state index contributed by atoms with van der Waals surface area (Å²) in [7, 11) is 0. The van der Waals surface area contributed by atoms with Gasteiger partial charge in [0.15, 0.2) is 17.7 Å². The van der Waals surface area contributed by atoms with Crippen molar-refractivity contribution in [2.45, 2.75) is 12.3 Å². The number of anilines is 1. The summed E-state index contributed by atoms with van der Waals surface area (Å²) in [5.41, 5.74) is 6.94. The summed E-state index contributed by atoms with van der Waals surface area (Å²) in [6.45, 7) is -0.0513. The monoisotopic (exact) mass is 279 g/mol. The molecule has 0 fully saturated rings. The fraction of sp³-hybridized carbons (Fsp3) is 0.364. The minimum Gasteiger partial charge on any atom is -0.393 e. The second kappa shape index (κ2) is 4.80. The van der Waals surface area contributed by atoms with E-state index in [-0.39, 0.29) is 18.9 Å². The zero-order valence-electron chi connectivity index (χ0n) is 10.2. The number of aliphatic hydroxyl groups excluding tert-OH is 1. The Morgan fingerprint density at radius 3 is 3.05 bits per heavy atom. The zero-order valence-corrected chi connectivity index (χ0v) is 11.0. The Bertz CT molecular complexity index is 641. The Labute approximate surface area is 113 Å². The first-order chi connectivity index (χ1) is 9.24. The molecule has 100 valence electrons. The number of nitrogens with zero attached hydrogens (tertiary/aromatic N) is 4. The second-order valence-corrected chi connectivity index (χ2v) is 4.95. The molecule has 2 aromatic rings. The minimum absolute atomic E-state index is 0.0513. The number of thioether (sulfide) groups is 1. The number of rotatable bonds is 3. The smallest absolute Gasteiger partial charge is 0.169 e. The van der Waals surface area contributed by atoms with E-state index >= 15 is 0 Å². The van der Waals surface area contributed by atoms with Crippen LogP contribution in [0.15, 0.2) is 23.6 Å². The lowest BCUT2D eigenvalue weighted by molar-refractivity contribution is -0.00763. The maximum absolute atomic E-state index is 9.20. The van der Waals surface area contributed by atoms with Gasteiger partial charge in [-0.25, -0.2) is 15.0 Å². The van der Waals surface area contributed by atoms with Gasteiger partial charge in [-0.3, -0.25) is 4.57 Å². The fourth-order valence-electron chi connectivity index (χ4n) is 2.05. The molecule has 0 bridgehead atoms. The Morgan fingerprint density at radius 1 is 1.47 bits per heavy atom. The van der Waals surface area contributed by atoms with Crippen LogP contribution in [0, 0.1) is 0 Å². The van der Waals surface area contributed by atoms with Gasteiger partial charge in [-0.05, 0) is 12.3 Å². The van der Waals surface area contributed by atoms with Gasteiger partial charge in [0.05, 0.1) is 12.9 Å². The average Bonchev–Trinajstić information content (AvgIpc) is 3.02. The van der Waals surface area contributed by atoms with Crippen LogP contribution in [0.2, 0.25) is 0 Å². The van der Waals surface area contributed by atoms with Gasteiger partial charge in [0.1, 0.15) is 17.9 Å². The summed E-state index contributed by atoms with van der Waals surface area (Å²) in [4.78, 5) is 13.3. The number of nitrogen functional groups attached to an aromatic ring is 1. The first kappa shape index (κ1) is 12.4. The van der Waals surface area contributed by atoms with Gasteiger partial charge in [-0.1, -0.05) is 0 Å². The van der Waals surface area contributed by atoms with Gasteiger partial charge in [0.2, 0.25) is 0 Å². The van der Waals surface area contributed by atoms with Gasteiger partial charge >= 0.3 is 0 Å². The van der Waals surface area contributed by atoms with E-state index in [4.69, 9.17) is 10.5 Å². The Kier molecular flexibility index (Phi) is 3.13. The number of aliphatic hydroxyl groups is 1. The quantitative estimate of drug-likeness (QED) is 0.846. The summed E-state index contributed by atoms with van der Waals surface area (Å²) in [6, 6.07) is 0. The lowest BCUT2D eigenvalue weighted by Crippen LogP contribution is -2.16. The Morgan fingerprint density at radius 2 is 2.32 bits per heavy atom. The number of imidazole rings is 1. The predicted molar refractivity (Wildman–Crippen MR) is 72.3 cm³/mol. The third-order valence-corrected chi connectivity index (χ3v) is 3.76. The summed E-state index contributed by atoms with van der Waals surface area (Å²) in [6.07, 6.45) is 6.27. The first-order valence-corrected chi connectivity index (χ1v) is 6.92. The van der Waals surface area contributed by atoms with E-state index in [0.29, 0.717) is 17.0 Å². The maximum atomic E-state index is 9.20. The van der Waals surface area contributed by atoms with Gasteiger partial charge < -0.3 is 15.6 Å². The van der Waals surface area contributed by atoms with Crippen molar-refractivity contribution in [1.82, 2.24) is 19.5 Å². The molecule has 1 aliphatic rings. The molecule has 0 radical (unpaired) electrons. The summed E-state index contributed by atoms with van der Waals surface area (Å²) in [5, 5.41) is 9.20. The van der Waals surface area contributed by atoms with Crippen LogP contribution in [0.5, 0.6) is 0 Å². The van der Waals surface area contributed by atoms with E-state index in [1.807, 2.05) is 12.3 Å². The van der Waals surface area contributed by atoms with Crippen LogP contribution < -0.4 is 5.73 Å². The number of nitrogens with two attached hydrogens (primary N) is 1. The Hall–Kier alpha value is -1.64. The normalized spacial score (nSPS) is 22.9. The summed E-state index contributed by atoms with van der Waals surface area (Å²) >= 11 is 1.57. The molecule has 0 aromatic carbocycles. The predicted octanol–water partition coefficient (Wildman–Crippen LogP) is 0.545. The van der Waals surface area contributed by atoms with E-state index < -0.39 is 0 Å². The molecular weight excluding hydrogens is 266 g/mol. The molecule has 3 rings (SSSR count). The van der Waals surface area contributed by atoms with Crippen LogP contribution in [-0.2, 0) is 4.74 Å². The van der Waals surface area contributed by atoms with Gasteiger partial charge in [-0.15, -0.1) is 11.8 Å². The van der Waals surface area contributed by atoms with Crippen molar-refractivity contribution in [3.8, 4) is 0 Å². The number of fused-ring (bicyclic) bond motifs is 1. The highest BCUT2D eigenvalue weighted by Gasteiger charge is 2.29. The van der Waals surface area contributed by atoms with Gasteiger partial charge in [-0.2, -0.15) is 0 Å². The topological polar surface area (TPSA) is 99.1 Å². The highest BCUT2D eigenvalue weighted by Crippen LogP contribution is 2.36. The molecule has 2 aromatic heterocycles. The molecule has 1 aliphatic heterocycles. The molecule has 0 amide bonds. The largest absolute Gasteiger partial charge is 0.393 e. The van der Waals surface area contributed by atoms with Crippen molar-refractivity contribution >= 4 is 28.7 Å². The minimum atomic E-state index is -0.327. The van der Waals surface area contributed by atoms with Gasteiger partial charge in [0.25, 0.3) is 0 Å². The van der Waals surface area contributed by atoms with Crippen LogP contribution in [0.1, 0.15) is 6.23 Å². The molecule has 0 saturated carbocycles. The van der Waals surface area contributed by atoms with Crippen molar-refractivity contribution in [1.29, 1.82) is 0 Å². The zero-order chi connectivity index (χ0) is 13.4. The molecule has 0 spiro atoms. The second-order valence-electron chi connectivity index (χ2n) is 4.07. The SMILES string of the molecule is CSC1=C[C@@H](CO)O[C@H]1n1cnc2c(N)ncnc21. The molecule has 0 unspecified atom stereocenters. The van der Waals surface area contributed by atoms with Crippen molar-refractivity contribution in [3.63, 3.8) is 0 Å². The summed E-state index contributed by atoms with van der Waals surface area (Å²) < 4.78 is 7.56. The molecular formula is C11H13N5O2S. The molecule has 3 heterocycles. The molecule has 2 atom stereocenters. The van der Waals surface area contributed by atoms with E-state index in [9.17, 15) is 5.11 Å². The maximum Gasteiger partial charge on any atom is 0.169 e. The third kappa shape index (κ3) is 1.97. The fourth-order valence-corrected chi connectivity index (χ4v) is 2.70. The molecule has 19 heavy (non-hydrogen) atoms. The molecule has 7 nitrogen and oxygen atoms in total. The van der Waals surface area contributed by atoms with E-state index in [2.05, 4.69) is 15.0 Å². The number of ether oxygens (including phenoxy) is 1. The van der Waals surface area contributed by atoms with Gasteiger partial charge in [0, 0.05) is 4.91 Å². The van der Waals surface area contributed by atoms with Crippen molar-refractivity contribution in [2.24, 2.45) is 0 Å². The van der Waals surface area contributed by atoms with E-state index in [1.165, 1.54) is 6.33 Å². The van der Waals surface area contributed by atoms with Crippen LogP contribution >= 0.6 is 11.8 Å². The molecule has 0 aliphatic carbocycles. The number of hydrogen-bond acceptors (Lipinski definition) is 7. The molecule has 0 saturated heterocycles. The van der Waals surface area contributed by atoms with Crippen molar-refractivity contribution < 1.29 is 9.84 Å². The van der Waals surface area contributed by atoms with E-state index in [1.54, 1.807) is 22.7 Å². The van der Waals surface area contributed by atoms with Crippen LogP contribution in [0.25, 0.3) is 11.2 Å². The highest BCUT2D eigenvalue weighted by molar-refractivity contribution is 8.02. The third-order valence-electron chi connectivity index (χ3n) is 2.95. The molecule has 8 heteroatoms. The van der Waals surface area contributed by atoms with Crippen LogP contribution in [-0.4, -0.2) is 43.6 Å². The van der Waals surface area contributed by atoms with Crippen LogP contribution in [0.4, 0.5) is 5.82 Å². The lowest BCUT2D eigenvalue weighted by Gasteiger charge is -2.16. The summed E-state index contributed by atoms with van der Waals surface area (Å²) in [5.74, 6) is 0.343. The Balaban J connectivity index is 2.06. The van der Waals surface area contributed by atoms with Crippen molar-refractivity contribution in [2.75, 3.05) is 18.6 Å². The standard InChI is InChI=1S/C11H13N5O2S/c1-19-7-2-6(3-17)18-11(7)16-5-15-8-9(12)13-4-14-10(8)16/h2,4-6,11,17H,3H2,1H3,(H2,12,13,14)/t6-,11+/m0/s1. The molecule has 3 N–H and O–H groups in total. The number of hydrogen-bond donors (Lipinski definition) is 2. The lowest BCUT2D eigenvalue weighted by atomic mass is 10.4. The highest BCUT2D eigenvalue weighted by atomic mass is 32.2. The average molecular weight is 279 g/mol. The van der Waals surface area contributed by atoms with Crippen molar-refractivity contribution in [3.05, 3.63) is 23.6 Å². The number of aromatic nitrogens is 4.